The molecular weight excluding hydrogens is 304 g/mol. The van der Waals surface area contributed by atoms with Gasteiger partial charge in [0, 0.05) is 12.7 Å². The quantitative estimate of drug-likeness (QED) is 0.881. The molecule has 2 aromatic carbocycles. The van der Waals surface area contributed by atoms with Crippen LogP contribution in [0.1, 0.15) is 25.5 Å². The largest absolute Gasteiger partial charge is 0.463 e. The first-order valence-electron chi connectivity index (χ1n) is 7.93. The summed E-state index contributed by atoms with van der Waals surface area (Å²) in [5, 5.41) is 5.06. The van der Waals surface area contributed by atoms with Crippen molar-refractivity contribution in [3.63, 3.8) is 0 Å². The number of carbonyl (C=O) groups is 2. The highest BCUT2D eigenvalue weighted by molar-refractivity contribution is 5.95. The summed E-state index contributed by atoms with van der Waals surface area (Å²) >= 11 is 0. The Hall–Kier alpha value is -2.82. The minimum Gasteiger partial charge on any atom is -0.463 e. The van der Waals surface area contributed by atoms with Gasteiger partial charge in [0.25, 0.3) is 0 Å². The van der Waals surface area contributed by atoms with Gasteiger partial charge in [-0.2, -0.15) is 0 Å². The SMILES string of the molecule is CCOC(=O)C1=C(C)N(C)C(=O)N[C@H]1c1ccc2ccccc2c1. The lowest BCUT2D eigenvalue weighted by Gasteiger charge is -2.33. The minimum atomic E-state index is -0.516. The smallest absolute Gasteiger partial charge is 0.338 e. The third-order valence-corrected chi connectivity index (χ3v) is 4.36. The van der Waals surface area contributed by atoms with E-state index in [1.807, 2.05) is 42.5 Å². The Morgan fingerprint density at radius 1 is 1.21 bits per heavy atom. The van der Waals surface area contributed by atoms with Crippen LogP contribution >= 0.6 is 0 Å². The summed E-state index contributed by atoms with van der Waals surface area (Å²) in [6.07, 6.45) is 0. The lowest BCUT2D eigenvalue weighted by atomic mass is 9.93. The molecule has 5 heteroatoms. The second-order valence-electron chi connectivity index (χ2n) is 5.77. The van der Waals surface area contributed by atoms with Crippen LogP contribution in [0.2, 0.25) is 0 Å². The fourth-order valence-corrected chi connectivity index (χ4v) is 2.95. The van der Waals surface area contributed by atoms with E-state index in [9.17, 15) is 9.59 Å². The van der Waals surface area contributed by atoms with Gasteiger partial charge in [0.05, 0.1) is 18.2 Å². The number of allylic oxidation sites excluding steroid dienone is 1. The van der Waals surface area contributed by atoms with Crippen molar-refractivity contribution in [2.45, 2.75) is 19.9 Å². The molecule has 5 nitrogen and oxygen atoms in total. The van der Waals surface area contributed by atoms with Crippen LogP contribution in [0.15, 0.2) is 53.7 Å². The maximum Gasteiger partial charge on any atom is 0.338 e. The van der Waals surface area contributed by atoms with E-state index < -0.39 is 12.0 Å². The number of carbonyl (C=O) groups excluding carboxylic acids is 2. The molecule has 1 aliphatic rings. The van der Waals surface area contributed by atoms with E-state index >= 15 is 0 Å². The number of nitrogens with zero attached hydrogens (tertiary/aromatic N) is 1. The van der Waals surface area contributed by atoms with Crippen molar-refractivity contribution >= 4 is 22.8 Å². The molecule has 24 heavy (non-hydrogen) atoms. The molecule has 0 unspecified atom stereocenters. The summed E-state index contributed by atoms with van der Waals surface area (Å²) < 4.78 is 5.20. The van der Waals surface area contributed by atoms with Crippen LogP contribution < -0.4 is 5.32 Å². The fraction of sp³-hybridized carbons (Fsp3) is 0.263. The van der Waals surface area contributed by atoms with Crippen molar-refractivity contribution < 1.29 is 14.3 Å². The van der Waals surface area contributed by atoms with Gasteiger partial charge in [-0.1, -0.05) is 36.4 Å². The normalized spacial score (nSPS) is 17.9. The molecule has 0 aromatic heterocycles. The van der Waals surface area contributed by atoms with Crippen LogP contribution in [0.5, 0.6) is 0 Å². The Morgan fingerprint density at radius 3 is 2.62 bits per heavy atom. The molecule has 0 aliphatic carbocycles. The number of urea groups is 1. The number of esters is 1. The van der Waals surface area contributed by atoms with Gasteiger partial charge in [0.15, 0.2) is 0 Å². The first kappa shape index (κ1) is 16.1. The summed E-state index contributed by atoms with van der Waals surface area (Å²) in [6, 6.07) is 13.2. The predicted octanol–water partition coefficient (Wildman–Crippen LogP) is 3.37. The van der Waals surface area contributed by atoms with Crippen molar-refractivity contribution in [2.24, 2.45) is 0 Å². The zero-order valence-electron chi connectivity index (χ0n) is 14.0. The molecule has 0 radical (unpaired) electrons. The molecule has 124 valence electrons. The van der Waals surface area contributed by atoms with Gasteiger partial charge in [0.1, 0.15) is 0 Å². The number of ether oxygens (including phenoxy) is 1. The van der Waals surface area contributed by atoms with Crippen LogP contribution in [0, 0.1) is 0 Å². The number of fused-ring (bicyclic) bond motifs is 1. The first-order valence-corrected chi connectivity index (χ1v) is 7.93. The average molecular weight is 324 g/mol. The molecule has 0 bridgehead atoms. The van der Waals surface area contributed by atoms with Crippen LogP contribution in [0.4, 0.5) is 4.79 Å². The third kappa shape index (κ3) is 2.73. The highest BCUT2D eigenvalue weighted by atomic mass is 16.5. The van der Waals surface area contributed by atoms with Crippen LogP contribution in [-0.2, 0) is 9.53 Å². The lowest BCUT2D eigenvalue weighted by Crippen LogP contribution is -2.46. The third-order valence-electron chi connectivity index (χ3n) is 4.36. The highest BCUT2D eigenvalue weighted by Crippen LogP contribution is 2.32. The van der Waals surface area contributed by atoms with Crippen LogP contribution in [-0.4, -0.2) is 30.6 Å². The van der Waals surface area contributed by atoms with E-state index in [0.29, 0.717) is 11.3 Å². The van der Waals surface area contributed by atoms with E-state index in [0.717, 1.165) is 16.3 Å². The molecule has 2 aromatic rings. The number of hydrogen-bond donors (Lipinski definition) is 1. The van der Waals surface area contributed by atoms with E-state index in [4.69, 9.17) is 4.74 Å². The number of hydrogen-bond acceptors (Lipinski definition) is 3. The molecule has 0 spiro atoms. The molecule has 0 saturated carbocycles. The van der Waals surface area contributed by atoms with Crippen LogP contribution in [0.25, 0.3) is 10.8 Å². The predicted molar refractivity (Wildman–Crippen MR) is 92.3 cm³/mol. The summed E-state index contributed by atoms with van der Waals surface area (Å²) in [5.41, 5.74) is 1.93. The van der Waals surface area contributed by atoms with E-state index in [2.05, 4.69) is 5.32 Å². The molecule has 0 saturated heterocycles. The van der Waals surface area contributed by atoms with Crippen molar-refractivity contribution in [2.75, 3.05) is 13.7 Å². The Labute approximate surface area is 140 Å². The van der Waals surface area contributed by atoms with Crippen LogP contribution in [0.3, 0.4) is 0 Å². The van der Waals surface area contributed by atoms with Crippen molar-refractivity contribution in [1.29, 1.82) is 0 Å². The van der Waals surface area contributed by atoms with Gasteiger partial charge in [-0.25, -0.2) is 9.59 Å². The van der Waals surface area contributed by atoms with Crippen molar-refractivity contribution in [1.82, 2.24) is 10.2 Å². The lowest BCUT2D eigenvalue weighted by molar-refractivity contribution is -0.139. The Kier molecular flexibility index (Phi) is 4.25. The molecule has 1 heterocycles. The van der Waals surface area contributed by atoms with Gasteiger partial charge in [-0.3, -0.25) is 0 Å². The zero-order valence-corrected chi connectivity index (χ0v) is 14.0. The summed E-state index contributed by atoms with van der Waals surface area (Å²) in [6.45, 7) is 3.82. The van der Waals surface area contributed by atoms with Crippen molar-refractivity contribution in [3.8, 4) is 0 Å². The average Bonchev–Trinajstić information content (AvgIpc) is 2.59. The molecule has 1 atom stereocenters. The Morgan fingerprint density at radius 2 is 1.92 bits per heavy atom. The van der Waals surface area contributed by atoms with Crippen molar-refractivity contribution in [3.05, 3.63) is 59.3 Å². The number of amides is 2. The second kappa shape index (κ2) is 6.35. The maximum atomic E-state index is 12.5. The Bertz CT molecular complexity index is 841. The fourth-order valence-electron chi connectivity index (χ4n) is 2.95. The van der Waals surface area contributed by atoms with E-state index in [-0.39, 0.29) is 12.6 Å². The molecule has 0 fully saturated rings. The standard InChI is InChI=1S/C19H20N2O3/c1-4-24-18(22)16-12(2)21(3)19(23)20-17(16)15-10-9-13-7-5-6-8-14(13)11-15/h5-11,17H,4H2,1-3H3,(H,20,23)/t17-/m0/s1. The molecular formula is C19H20N2O3. The Balaban J connectivity index is 2.11. The minimum absolute atomic E-state index is 0.237. The summed E-state index contributed by atoms with van der Waals surface area (Å²) in [4.78, 5) is 26.1. The monoisotopic (exact) mass is 324 g/mol. The second-order valence-corrected chi connectivity index (χ2v) is 5.77. The van der Waals surface area contributed by atoms with Gasteiger partial charge in [0.2, 0.25) is 0 Å². The number of benzene rings is 2. The maximum absolute atomic E-state index is 12.5. The first-order chi connectivity index (χ1) is 11.5. The highest BCUT2D eigenvalue weighted by Gasteiger charge is 2.34. The van der Waals surface area contributed by atoms with Gasteiger partial charge >= 0.3 is 12.0 Å². The van der Waals surface area contributed by atoms with Gasteiger partial charge in [-0.15, -0.1) is 0 Å². The molecule has 2 amide bonds. The van der Waals surface area contributed by atoms with Gasteiger partial charge < -0.3 is 15.0 Å². The molecule has 1 aliphatic heterocycles. The molecule has 3 rings (SSSR count). The van der Waals surface area contributed by atoms with Gasteiger partial charge in [-0.05, 0) is 36.2 Å². The summed E-state index contributed by atoms with van der Waals surface area (Å²) in [5.74, 6) is -0.403. The van der Waals surface area contributed by atoms with E-state index in [1.54, 1.807) is 20.9 Å². The van der Waals surface area contributed by atoms with E-state index in [1.165, 1.54) is 4.90 Å². The molecule has 1 N–H and O–H groups in total. The number of rotatable bonds is 3. The number of nitrogens with one attached hydrogen (secondary N) is 1. The zero-order chi connectivity index (χ0) is 17.3. The summed E-state index contributed by atoms with van der Waals surface area (Å²) in [7, 11) is 1.64. The topological polar surface area (TPSA) is 58.6 Å².